The van der Waals surface area contributed by atoms with E-state index in [2.05, 4.69) is 10.3 Å². The lowest BCUT2D eigenvalue weighted by Gasteiger charge is -2.13. The average Bonchev–Trinajstić information content (AvgIpc) is 3.15. The van der Waals surface area contributed by atoms with Crippen LogP contribution in [0.25, 0.3) is 11.3 Å². The highest BCUT2D eigenvalue weighted by Gasteiger charge is 2.33. The maximum atomic E-state index is 13.0. The van der Waals surface area contributed by atoms with Gasteiger partial charge in [0.15, 0.2) is 12.2 Å². The minimum atomic E-state index is -4.52. The molecule has 0 saturated carbocycles. The fraction of sp³-hybridized carbons (Fsp3) is 0.158. The zero-order chi connectivity index (χ0) is 19.4. The first-order valence-corrected chi connectivity index (χ1v) is 7.90. The minimum absolute atomic E-state index is 0.0901. The number of hydrogen-bond acceptors (Lipinski definition) is 4. The van der Waals surface area contributed by atoms with Crippen molar-refractivity contribution in [3.63, 3.8) is 0 Å². The van der Waals surface area contributed by atoms with E-state index in [0.717, 1.165) is 6.07 Å². The number of rotatable bonds is 5. The molecule has 3 rings (SSSR count). The summed E-state index contributed by atoms with van der Waals surface area (Å²) >= 11 is 0. The fourth-order valence-electron chi connectivity index (χ4n) is 2.65. The third kappa shape index (κ3) is 4.28. The summed E-state index contributed by atoms with van der Waals surface area (Å²) in [5.74, 6) is 0.352. The van der Waals surface area contributed by atoms with E-state index in [1.165, 1.54) is 37.9 Å². The number of methoxy groups -OCH3 is 1. The molecule has 0 aliphatic carbocycles. The number of alkyl halides is 3. The maximum absolute atomic E-state index is 13.0. The number of nitrogens with zero attached hydrogens (tertiary/aromatic N) is 1. The van der Waals surface area contributed by atoms with E-state index in [-0.39, 0.29) is 5.56 Å². The van der Waals surface area contributed by atoms with Gasteiger partial charge in [0.2, 0.25) is 5.91 Å². The Balaban J connectivity index is 1.77. The molecular weight excluding hydrogens is 361 g/mol. The van der Waals surface area contributed by atoms with Crippen LogP contribution in [-0.4, -0.2) is 18.0 Å². The van der Waals surface area contributed by atoms with Crippen LogP contribution in [-0.2, 0) is 17.4 Å². The van der Waals surface area contributed by atoms with E-state index in [1.807, 2.05) is 0 Å². The molecule has 3 aromatic rings. The average molecular weight is 376 g/mol. The van der Waals surface area contributed by atoms with Gasteiger partial charge >= 0.3 is 6.18 Å². The second-order valence-corrected chi connectivity index (χ2v) is 5.66. The lowest BCUT2D eigenvalue weighted by atomic mass is 10.0. The lowest BCUT2D eigenvalue weighted by molar-refractivity contribution is -0.138. The molecule has 2 aromatic carbocycles. The van der Waals surface area contributed by atoms with Crippen molar-refractivity contribution in [1.82, 2.24) is 4.98 Å². The molecule has 140 valence electrons. The van der Waals surface area contributed by atoms with E-state index in [4.69, 9.17) is 9.15 Å². The lowest BCUT2D eigenvalue weighted by Crippen LogP contribution is -2.18. The van der Waals surface area contributed by atoms with Crippen LogP contribution in [0.2, 0.25) is 0 Å². The predicted octanol–water partition coefficient (Wildman–Crippen LogP) is 4.55. The second kappa shape index (κ2) is 7.53. The summed E-state index contributed by atoms with van der Waals surface area (Å²) in [5.41, 5.74) is 0.117. The van der Waals surface area contributed by atoms with Crippen LogP contribution in [0.1, 0.15) is 11.1 Å². The summed E-state index contributed by atoms with van der Waals surface area (Å²) < 4.78 is 49.6. The van der Waals surface area contributed by atoms with Crippen LogP contribution in [0.5, 0.6) is 5.75 Å². The van der Waals surface area contributed by atoms with Crippen LogP contribution < -0.4 is 10.1 Å². The Labute approximate surface area is 152 Å². The van der Waals surface area contributed by atoms with Gasteiger partial charge in [-0.1, -0.05) is 18.2 Å². The predicted molar refractivity (Wildman–Crippen MR) is 92.3 cm³/mol. The third-order valence-electron chi connectivity index (χ3n) is 3.86. The minimum Gasteiger partial charge on any atom is -0.496 e. The van der Waals surface area contributed by atoms with Crippen molar-refractivity contribution in [1.29, 1.82) is 0 Å². The highest BCUT2D eigenvalue weighted by Crippen LogP contribution is 2.33. The van der Waals surface area contributed by atoms with E-state index in [1.54, 1.807) is 18.2 Å². The van der Waals surface area contributed by atoms with Gasteiger partial charge in [-0.05, 0) is 23.8 Å². The maximum Gasteiger partial charge on any atom is 0.416 e. The molecule has 0 aliphatic rings. The van der Waals surface area contributed by atoms with E-state index >= 15 is 0 Å². The number of amides is 1. The van der Waals surface area contributed by atoms with Crippen molar-refractivity contribution in [2.45, 2.75) is 12.6 Å². The zero-order valence-electron chi connectivity index (χ0n) is 14.2. The molecule has 0 radical (unpaired) electrons. The Morgan fingerprint density at radius 2 is 2.00 bits per heavy atom. The molecule has 8 heteroatoms. The van der Waals surface area contributed by atoms with E-state index in [9.17, 15) is 18.0 Å². The van der Waals surface area contributed by atoms with Gasteiger partial charge in [0, 0.05) is 11.8 Å². The molecule has 0 spiro atoms. The molecule has 0 saturated heterocycles. The number of hydrogen-bond donors (Lipinski definition) is 1. The Morgan fingerprint density at radius 3 is 2.67 bits per heavy atom. The van der Waals surface area contributed by atoms with Gasteiger partial charge in [0.25, 0.3) is 0 Å². The molecule has 0 fully saturated rings. The number of carbonyl (C=O) groups excluding carboxylic acids is 1. The highest BCUT2D eigenvalue weighted by atomic mass is 19.4. The van der Waals surface area contributed by atoms with E-state index in [0.29, 0.717) is 22.8 Å². The Kier molecular flexibility index (Phi) is 5.16. The zero-order valence-corrected chi connectivity index (χ0v) is 14.2. The molecule has 5 nitrogen and oxygen atoms in total. The Morgan fingerprint density at radius 1 is 1.22 bits per heavy atom. The number of halogens is 3. The largest absolute Gasteiger partial charge is 0.496 e. The molecule has 1 aromatic heterocycles. The molecule has 1 amide bonds. The number of ether oxygens (including phenoxy) is 1. The van der Waals surface area contributed by atoms with Crippen LogP contribution in [0.4, 0.5) is 18.9 Å². The monoisotopic (exact) mass is 376 g/mol. The SMILES string of the molecule is COc1cc(NC(=O)Cc2ccccc2C(F)(F)F)ccc1-c1cnco1. The molecule has 1 heterocycles. The van der Waals surface area contributed by atoms with Gasteiger partial charge in [0.05, 0.1) is 30.9 Å². The standard InChI is InChI=1S/C19H15F3N2O3/c1-26-16-9-13(6-7-14(16)17-10-23-11-27-17)24-18(25)8-12-4-2-3-5-15(12)19(20,21)22/h2-7,9-11H,8H2,1H3,(H,24,25). The number of benzene rings is 2. The van der Waals surface area contributed by atoms with Crippen LogP contribution >= 0.6 is 0 Å². The van der Waals surface area contributed by atoms with Crippen molar-refractivity contribution < 1.29 is 27.1 Å². The summed E-state index contributed by atoms with van der Waals surface area (Å²) in [7, 11) is 1.46. The molecular formula is C19H15F3N2O3. The number of carbonyl (C=O) groups is 1. The van der Waals surface area contributed by atoms with Crippen molar-refractivity contribution >= 4 is 11.6 Å². The van der Waals surface area contributed by atoms with Gasteiger partial charge in [-0.15, -0.1) is 0 Å². The topological polar surface area (TPSA) is 64.4 Å². The first kappa shape index (κ1) is 18.5. The number of aromatic nitrogens is 1. The van der Waals surface area contributed by atoms with Crippen molar-refractivity contribution in [2.75, 3.05) is 12.4 Å². The Bertz CT molecular complexity index is 938. The van der Waals surface area contributed by atoms with Crippen LogP contribution in [0.3, 0.4) is 0 Å². The summed E-state index contributed by atoms with van der Waals surface area (Å²) in [4.78, 5) is 16.1. The third-order valence-corrected chi connectivity index (χ3v) is 3.86. The molecule has 1 N–H and O–H groups in total. The molecule has 0 atom stereocenters. The molecule has 0 aliphatic heterocycles. The van der Waals surface area contributed by atoms with Crippen molar-refractivity contribution in [2.24, 2.45) is 0 Å². The van der Waals surface area contributed by atoms with Gasteiger partial charge in [0.1, 0.15) is 5.75 Å². The molecule has 0 bridgehead atoms. The first-order chi connectivity index (χ1) is 12.9. The molecule has 27 heavy (non-hydrogen) atoms. The number of nitrogens with one attached hydrogen (secondary N) is 1. The smallest absolute Gasteiger partial charge is 0.416 e. The molecule has 0 unspecified atom stereocenters. The van der Waals surface area contributed by atoms with Gasteiger partial charge in [-0.2, -0.15) is 13.2 Å². The van der Waals surface area contributed by atoms with Crippen LogP contribution in [0, 0.1) is 0 Å². The van der Waals surface area contributed by atoms with Gasteiger partial charge < -0.3 is 14.5 Å². The number of oxazole rings is 1. The van der Waals surface area contributed by atoms with Crippen molar-refractivity contribution in [3.8, 4) is 17.1 Å². The fourth-order valence-corrected chi connectivity index (χ4v) is 2.65. The first-order valence-electron chi connectivity index (χ1n) is 7.90. The van der Waals surface area contributed by atoms with Crippen LogP contribution in [0.15, 0.2) is 59.5 Å². The Hall–Kier alpha value is -3.29. The van der Waals surface area contributed by atoms with Crippen molar-refractivity contribution in [3.05, 3.63) is 66.2 Å². The summed E-state index contributed by atoms with van der Waals surface area (Å²) in [6.45, 7) is 0. The quantitative estimate of drug-likeness (QED) is 0.710. The van der Waals surface area contributed by atoms with E-state index < -0.39 is 24.1 Å². The second-order valence-electron chi connectivity index (χ2n) is 5.66. The summed E-state index contributed by atoms with van der Waals surface area (Å²) in [6, 6.07) is 9.83. The number of anilines is 1. The van der Waals surface area contributed by atoms with Gasteiger partial charge in [-0.3, -0.25) is 4.79 Å². The summed E-state index contributed by atoms with van der Waals surface area (Å²) in [5, 5.41) is 2.58. The highest BCUT2D eigenvalue weighted by molar-refractivity contribution is 5.93. The van der Waals surface area contributed by atoms with Gasteiger partial charge in [-0.25, -0.2) is 4.98 Å². The summed E-state index contributed by atoms with van der Waals surface area (Å²) in [6.07, 6.45) is -2.12. The normalized spacial score (nSPS) is 11.3.